The van der Waals surface area contributed by atoms with E-state index in [1.807, 2.05) is 20.8 Å². The van der Waals surface area contributed by atoms with Crippen molar-refractivity contribution in [3.05, 3.63) is 0 Å². The van der Waals surface area contributed by atoms with E-state index in [2.05, 4.69) is 19.2 Å². The monoisotopic (exact) mass is 282 g/mol. The Bertz CT molecular complexity index is 235. The predicted molar refractivity (Wildman–Crippen MR) is 74.3 cm³/mol. The maximum atomic E-state index is 12.6. The van der Waals surface area contributed by atoms with E-state index in [0.29, 0.717) is 6.54 Å². The largest absolute Gasteiger partial charge is 0.401 e. The van der Waals surface area contributed by atoms with Gasteiger partial charge in [-0.3, -0.25) is 4.90 Å². The molecular weight excluding hydrogens is 253 g/mol. The number of rotatable bonds is 9. The fourth-order valence-corrected chi connectivity index (χ4v) is 2.25. The zero-order valence-electron chi connectivity index (χ0n) is 12.9. The molecule has 0 fully saturated rings. The Labute approximate surface area is 115 Å². The van der Waals surface area contributed by atoms with Crippen molar-refractivity contribution in [1.29, 1.82) is 0 Å². The van der Waals surface area contributed by atoms with E-state index in [1.165, 1.54) is 0 Å². The first-order chi connectivity index (χ1) is 8.69. The Morgan fingerprint density at radius 2 is 1.53 bits per heavy atom. The van der Waals surface area contributed by atoms with Crippen molar-refractivity contribution >= 4 is 0 Å². The van der Waals surface area contributed by atoms with E-state index in [0.717, 1.165) is 25.9 Å². The highest BCUT2D eigenvalue weighted by Crippen LogP contribution is 2.29. The van der Waals surface area contributed by atoms with Crippen molar-refractivity contribution in [3.8, 4) is 0 Å². The minimum absolute atomic E-state index is 0.0778. The maximum Gasteiger partial charge on any atom is 0.401 e. The molecule has 0 atom stereocenters. The van der Waals surface area contributed by atoms with Gasteiger partial charge in [0, 0.05) is 19.1 Å². The number of hydrogen-bond donors (Lipinski definition) is 1. The van der Waals surface area contributed by atoms with Crippen molar-refractivity contribution in [2.45, 2.75) is 59.7 Å². The van der Waals surface area contributed by atoms with Gasteiger partial charge in [-0.05, 0) is 38.6 Å². The standard InChI is InChI=1S/C14H29F3N2/c1-6-13(7-2,9-18-8-3)10-19(12(4)5)11-14(15,16)17/h12,18H,6-11H2,1-5H3. The lowest BCUT2D eigenvalue weighted by Gasteiger charge is -2.39. The summed E-state index contributed by atoms with van der Waals surface area (Å²) in [5.74, 6) is 0. The van der Waals surface area contributed by atoms with Crippen LogP contribution in [0.15, 0.2) is 0 Å². The summed E-state index contributed by atoms with van der Waals surface area (Å²) >= 11 is 0. The highest BCUT2D eigenvalue weighted by molar-refractivity contribution is 4.84. The van der Waals surface area contributed by atoms with Crippen LogP contribution in [-0.4, -0.2) is 43.3 Å². The molecule has 1 N–H and O–H groups in total. The molecule has 0 saturated heterocycles. The summed E-state index contributed by atoms with van der Waals surface area (Å²) in [6, 6.07) is -0.0965. The number of nitrogens with zero attached hydrogens (tertiary/aromatic N) is 1. The molecule has 0 spiro atoms. The average molecular weight is 282 g/mol. The van der Waals surface area contributed by atoms with E-state index in [-0.39, 0.29) is 11.5 Å². The van der Waals surface area contributed by atoms with E-state index >= 15 is 0 Å². The second-order valence-corrected chi connectivity index (χ2v) is 5.60. The molecule has 0 aliphatic carbocycles. The number of halogens is 3. The Morgan fingerprint density at radius 3 is 1.84 bits per heavy atom. The van der Waals surface area contributed by atoms with E-state index in [4.69, 9.17) is 0 Å². The molecule has 0 rings (SSSR count). The first-order valence-corrected chi connectivity index (χ1v) is 7.21. The zero-order chi connectivity index (χ0) is 15.1. The third-order valence-corrected chi connectivity index (χ3v) is 3.90. The van der Waals surface area contributed by atoms with Crippen LogP contribution in [0.2, 0.25) is 0 Å². The van der Waals surface area contributed by atoms with Gasteiger partial charge >= 0.3 is 6.18 Å². The molecule has 5 heteroatoms. The van der Waals surface area contributed by atoms with Crippen LogP contribution >= 0.6 is 0 Å². The van der Waals surface area contributed by atoms with Crippen molar-refractivity contribution in [2.75, 3.05) is 26.2 Å². The van der Waals surface area contributed by atoms with Crippen molar-refractivity contribution in [2.24, 2.45) is 5.41 Å². The molecule has 0 radical (unpaired) electrons. The van der Waals surface area contributed by atoms with Gasteiger partial charge in [0.25, 0.3) is 0 Å². The van der Waals surface area contributed by atoms with Gasteiger partial charge in [0.1, 0.15) is 0 Å². The van der Waals surface area contributed by atoms with Crippen LogP contribution in [-0.2, 0) is 0 Å². The molecule has 0 amide bonds. The van der Waals surface area contributed by atoms with Gasteiger partial charge in [-0.1, -0.05) is 20.8 Å². The lowest BCUT2D eigenvalue weighted by molar-refractivity contribution is -0.153. The van der Waals surface area contributed by atoms with Crippen molar-refractivity contribution in [3.63, 3.8) is 0 Å². The lowest BCUT2D eigenvalue weighted by atomic mass is 9.81. The van der Waals surface area contributed by atoms with Crippen LogP contribution in [0.3, 0.4) is 0 Å². The Hall–Kier alpha value is -0.290. The van der Waals surface area contributed by atoms with Gasteiger partial charge in [0.05, 0.1) is 6.54 Å². The third-order valence-electron chi connectivity index (χ3n) is 3.90. The SMILES string of the molecule is CCNCC(CC)(CC)CN(CC(F)(F)F)C(C)C. The van der Waals surface area contributed by atoms with Crippen LogP contribution in [0.1, 0.15) is 47.5 Å². The van der Waals surface area contributed by atoms with Crippen molar-refractivity contribution < 1.29 is 13.2 Å². The molecule has 116 valence electrons. The first kappa shape index (κ1) is 18.7. The summed E-state index contributed by atoms with van der Waals surface area (Å²) in [5.41, 5.74) is -0.0778. The third kappa shape index (κ3) is 7.16. The second-order valence-electron chi connectivity index (χ2n) is 5.60. The van der Waals surface area contributed by atoms with Gasteiger partial charge in [0.15, 0.2) is 0 Å². The molecule has 19 heavy (non-hydrogen) atoms. The molecule has 0 aromatic carbocycles. The fraction of sp³-hybridized carbons (Fsp3) is 1.00. The van der Waals surface area contributed by atoms with E-state index in [1.54, 1.807) is 4.90 Å². The normalized spacial score (nSPS) is 13.6. The molecule has 0 saturated carbocycles. The Balaban J connectivity index is 4.83. The van der Waals surface area contributed by atoms with Crippen molar-refractivity contribution in [1.82, 2.24) is 10.2 Å². The van der Waals surface area contributed by atoms with E-state index < -0.39 is 12.7 Å². The van der Waals surface area contributed by atoms with E-state index in [9.17, 15) is 13.2 Å². The van der Waals surface area contributed by atoms with Crippen LogP contribution in [0.25, 0.3) is 0 Å². The Kier molecular flexibility index (Phi) is 7.98. The van der Waals surface area contributed by atoms with Crippen LogP contribution in [0, 0.1) is 5.41 Å². The van der Waals surface area contributed by atoms with Crippen LogP contribution in [0.5, 0.6) is 0 Å². The molecule has 0 aromatic heterocycles. The van der Waals surface area contributed by atoms with Gasteiger partial charge in [-0.2, -0.15) is 13.2 Å². The van der Waals surface area contributed by atoms with Crippen LogP contribution < -0.4 is 5.32 Å². The van der Waals surface area contributed by atoms with Gasteiger partial charge in [-0.15, -0.1) is 0 Å². The lowest BCUT2D eigenvalue weighted by Crippen LogP contribution is -2.48. The minimum Gasteiger partial charge on any atom is -0.316 e. The predicted octanol–water partition coefficient (Wildman–Crippen LogP) is 3.68. The molecule has 0 aliphatic rings. The summed E-state index contributed by atoms with van der Waals surface area (Å²) in [7, 11) is 0. The summed E-state index contributed by atoms with van der Waals surface area (Å²) in [6.07, 6.45) is -2.36. The van der Waals surface area contributed by atoms with Gasteiger partial charge in [0.2, 0.25) is 0 Å². The fourth-order valence-electron chi connectivity index (χ4n) is 2.25. The summed E-state index contributed by atoms with van der Waals surface area (Å²) in [6.45, 7) is 11.1. The number of alkyl halides is 3. The highest BCUT2D eigenvalue weighted by atomic mass is 19.4. The quantitative estimate of drug-likeness (QED) is 0.694. The number of nitrogens with one attached hydrogen (secondary N) is 1. The molecule has 0 unspecified atom stereocenters. The summed E-state index contributed by atoms with van der Waals surface area (Å²) in [4.78, 5) is 1.55. The molecular formula is C14H29F3N2. The first-order valence-electron chi connectivity index (χ1n) is 7.21. The zero-order valence-corrected chi connectivity index (χ0v) is 12.9. The second kappa shape index (κ2) is 8.10. The molecule has 2 nitrogen and oxygen atoms in total. The molecule has 0 heterocycles. The van der Waals surface area contributed by atoms with Crippen LogP contribution in [0.4, 0.5) is 13.2 Å². The average Bonchev–Trinajstić information content (AvgIpc) is 2.31. The molecule has 0 bridgehead atoms. The minimum atomic E-state index is -4.13. The molecule has 0 aromatic rings. The molecule has 0 aliphatic heterocycles. The summed E-state index contributed by atoms with van der Waals surface area (Å²) in [5, 5.41) is 3.29. The van der Waals surface area contributed by atoms with Gasteiger partial charge in [-0.25, -0.2) is 0 Å². The summed E-state index contributed by atoms with van der Waals surface area (Å²) < 4.78 is 37.9. The Morgan fingerprint density at radius 1 is 1.00 bits per heavy atom. The maximum absolute atomic E-state index is 12.6. The highest BCUT2D eigenvalue weighted by Gasteiger charge is 2.36. The number of hydrogen-bond acceptors (Lipinski definition) is 2. The van der Waals surface area contributed by atoms with Gasteiger partial charge < -0.3 is 5.32 Å². The topological polar surface area (TPSA) is 15.3 Å². The smallest absolute Gasteiger partial charge is 0.316 e.